The third kappa shape index (κ3) is 3.44. The Bertz CT molecular complexity index is 708. The van der Waals surface area contributed by atoms with Crippen LogP contribution in [0, 0.1) is 5.82 Å². The minimum Gasteiger partial charge on any atom is -0.379 e. The van der Waals surface area contributed by atoms with Crippen LogP contribution in [-0.4, -0.2) is 61.9 Å². The predicted octanol–water partition coefficient (Wildman–Crippen LogP) is 0.199. The number of fused-ring (bicyclic) bond motifs is 1. The zero-order chi connectivity index (χ0) is 18.1. The molecule has 140 valence electrons. The lowest BCUT2D eigenvalue weighted by Crippen LogP contribution is -2.63. The van der Waals surface area contributed by atoms with Crippen LogP contribution in [0.2, 0.25) is 0 Å². The number of anilines is 1. The number of amides is 2. The van der Waals surface area contributed by atoms with Gasteiger partial charge in [0.05, 0.1) is 38.4 Å². The zero-order valence-electron chi connectivity index (χ0n) is 14.5. The number of nitrogens with one attached hydrogen (secondary N) is 2. The Balaban J connectivity index is 1.41. The Labute approximate surface area is 151 Å². The van der Waals surface area contributed by atoms with Gasteiger partial charge in [0.15, 0.2) is 0 Å². The van der Waals surface area contributed by atoms with E-state index >= 15 is 0 Å². The highest BCUT2D eigenvalue weighted by Gasteiger charge is 2.34. The maximum absolute atomic E-state index is 13.9. The van der Waals surface area contributed by atoms with Crippen LogP contribution in [0.3, 0.4) is 0 Å². The third-order valence-electron chi connectivity index (χ3n) is 5.24. The molecule has 1 aromatic rings. The third-order valence-corrected chi connectivity index (χ3v) is 5.24. The van der Waals surface area contributed by atoms with Gasteiger partial charge in [-0.1, -0.05) is 6.07 Å². The number of benzene rings is 1. The maximum atomic E-state index is 13.9. The van der Waals surface area contributed by atoms with E-state index < -0.39 is 6.17 Å². The van der Waals surface area contributed by atoms with Gasteiger partial charge in [-0.15, -0.1) is 0 Å². The molecule has 7 nitrogen and oxygen atoms in total. The first-order valence-corrected chi connectivity index (χ1v) is 9.07. The lowest BCUT2D eigenvalue weighted by atomic mass is 10.1. The number of hydrogen-bond acceptors (Lipinski definition) is 5. The molecule has 2 fully saturated rings. The molecule has 3 aliphatic heterocycles. The van der Waals surface area contributed by atoms with E-state index in [0.29, 0.717) is 43.9 Å². The molecule has 8 heteroatoms. The van der Waals surface area contributed by atoms with Gasteiger partial charge < -0.3 is 15.0 Å². The van der Waals surface area contributed by atoms with Gasteiger partial charge in [0, 0.05) is 30.9 Å². The molecule has 0 bridgehead atoms. The topological polar surface area (TPSA) is 73.9 Å². The molecular weight excluding hydrogens is 339 g/mol. The SMILES string of the molecule is O=C1CC(N2CCOCC2)NC(CC(=O)N2CCc3c(F)cccc32)N1. The molecule has 2 unspecified atom stereocenters. The van der Waals surface area contributed by atoms with Gasteiger partial charge >= 0.3 is 0 Å². The van der Waals surface area contributed by atoms with Crippen molar-refractivity contribution in [3.63, 3.8) is 0 Å². The van der Waals surface area contributed by atoms with E-state index in [9.17, 15) is 14.0 Å². The second-order valence-electron chi connectivity index (χ2n) is 6.89. The van der Waals surface area contributed by atoms with Crippen LogP contribution in [0.5, 0.6) is 0 Å². The average Bonchev–Trinajstić information content (AvgIpc) is 3.07. The highest BCUT2D eigenvalue weighted by Crippen LogP contribution is 2.30. The van der Waals surface area contributed by atoms with Crippen LogP contribution < -0.4 is 15.5 Å². The summed E-state index contributed by atoms with van der Waals surface area (Å²) in [5.74, 6) is -0.449. The molecule has 0 aromatic heterocycles. The number of morpholine rings is 1. The standard InChI is InChI=1S/C18H23FN4O3/c19-13-2-1-3-14-12(13)4-5-23(14)18(25)10-15-20-16(11-17(24)21-15)22-6-8-26-9-7-22/h1-3,15-16,20H,4-11H2,(H,21,24). The van der Waals surface area contributed by atoms with Gasteiger partial charge in [-0.3, -0.25) is 19.8 Å². The fraction of sp³-hybridized carbons (Fsp3) is 0.556. The molecule has 3 heterocycles. The fourth-order valence-corrected chi connectivity index (χ4v) is 3.93. The molecule has 2 atom stereocenters. The highest BCUT2D eigenvalue weighted by molar-refractivity contribution is 5.96. The van der Waals surface area contributed by atoms with Gasteiger partial charge in [-0.2, -0.15) is 0 Å². The van der Waals surface area contributed by atoms with Crippen molar-refractivity contribution in [1.29, 1.82) is 0 Å². The van der Waals surface area contributed by atoms with Crippen molar-refractivity contribution in [3.8, 4) is 0 Å². The Hall–Kier alpha value is -2.03. The van der Waals surface area contributed by atoms with Gasteiger partial charge in [-0.25, -0.2) is 4.39 Å². The summed E-state index contributed by atoms with van der Waals surface area (Å²) in [4.78, 5) is 28.6. The van der Waals surface area contributed by atoms with Crippen LogP contribution in [0.25, 0.3) is 0 Å². The molecule has 0 aliphatic carbocycles. The first-order valence-electron chi connectivity index (χ1n) is 9.07. The van der Waals surface area contributed by atoms with Crippen LogP contribution in [0.1, 0.15) is 18.4 Å². The van der Waals surface area contributed by atoms with Crippen molar-refractivity contribution in [3.05, 3.63) is 29.6 Å². The summed E-state index contributed by atoms with van der Waals surface area (Å²) in [6, 6.07) is 4.81. The lowest BCUT2D eigenvalue weighted by Gasteiger charge is -2.40. The molecule has 1 aromatic carbocycles. The van der Waals surface area contributed by atoms with E-state index in [1.54, 1.807) is 17.0 Å². The number of carbonyl (C=O) groups excluding carboxylic acids is 2. The van der Waals surface area contributed by atoms with Crippen molar-refractivity contribution in [2.75, 3.05) is 37.7 Å². The summed E-state index contributed by atoms with van der Waals surface area (Å²) in [6.45, 7) is 3.32. The first-order chi connectivity index (χ1) is 12.6. The Kier molecular flexibility index (Phi) is 4.88. The molecular formula is C18H23FN4O3. The number of carbonyl (C=O) groups is 2. The smallest absolute Gasteiger partial charge is 0.230 e. The molecule has 0 saturated carbocycles. The fourth-order valence-electron chi connectivity index (χ4n) is 3.93. The minimum atomic E-state index is -0.422. The number of rotatable bonds is 3. The maximum Gasteiger partial charge on any atom is 0.230 e. The number of halogens is 1. The number of ether oxygens (including phenoxy) is 1. The van der Waals surface area contributed by atoms with E-state index in [4.69, 9.17) is 4.74 Å². The molecule has 0 spiro atoms. The quantitative estimate of drug-likeness (QED) is 0.804. The van der Waals surface area contributed by atoms with Crippen molar-refractivity contribution in [2.45, 2.75) is 31.6 Å². The van der Waals surface area contributed by atoms with Crippen LogP contribution >= 0.6 is 0 Å². The Morgan fingerprint density at radius 1 is 1.27 bits per heavy atom. The summed E-state index contributed by atoms with van der Waals surface area (Å²) in [5, 5.41) is 6.21. The van der Waals surface area contributed by atoms with Crippen molar-refractivity contribution >= 4 is 17.5 Å². The van der Waals surface area contributed by atoms with E-state index in [0.717, 1.165) is 13.1 Å². The van der Waals surface area contributed by atoms with E-state index in [1.807, 2.05) is 0 Å². The second kappa shape index (κ2) is 7.30. The zero-order valence-corrected chi connectivity index (χ0v) is 14.5. The summed E-state index contributed by atoms with van der Waals surface area (Å²) in [5.41, 5.74) is 1.23. The summed E-state index contributed by atoms with van der Waals surface area (Å²) in [7, 11) is 0. The van der Waals surface area contributed by atoms with Gasteiger partial charge in [0.2, 0.25) is 11.8 Å². The number of hydrogen-bond donors (Lipinski definition) is 2. The normalized spacial score (nSPS) is 26.5. The predicted molar refractivity (Wildman–Crippen MR) is 92.9 cm³/mol. The molecule has 26 heavy (non-hydrogen) atoms. The molecule has 2 amide bonds. The molecule has 4 rings (SSSR count). The average molecular weight is 362 g/mol. The summed E-state index contributed by atoms with van der Waals surface area (Å²) in [6.07, 6.45) is 0.516. The Morgan fingerprint density at radius 2 is 2.08 bits per heavy atom. The molecule has 2 N–H and O–H groups in total. The van der Waals surface area contributed by atoms with E-state index in [-0.39, 0.29) is 30.2 Å². The Morgan fingerprint density at radius 3 is 2.88 bits per heavy atom. The highest BCUT2D eigenvalue weighted by atomic mass is 19.1. The van der Waals surface area contributed by atoms with Gasteiger partial charge in [-0.05, 0) is 18.6 Å². The van der Waals surface area contributed by atoms with Gasteiger partial charge in [0.25, 0.3) is 0 Å². The first kappa shape index (κ1) is 17.4. The number of nitrogens with zero attached hydrogens (tertiary/aromatic N) is 2. The lowest BCUT2D eigenvalue weighted by molar-refractivity contribution is -0.128. The molecule has 0 radical (unpaired) electrons. The van der Waals surface area contributed by atoms with Crippen molar-refractivity contribution < 1.29 is 18.7 Å². The van der Waals surface area contributed by atoms with E-state index in [2.05, 4.69) is 15.5 Å². The summed E-state index contributed by atoms with van der Waals surface area (Å²) < 4.78 is 19.2. The van der Waals surface area contributed by atoms with Crippen LogP contribution in [0.4, 0.5) is 10.1 Å². The summed E-state index contributed by atoms with van der Waals surface area (Å²) >= 11 is 0. The van der Waals surface area contributed by atoms with Gasteiger partial charge in [0.1, 0.15) is 5.82 Å². The van der Waals surface area contributed by atoms with Crippen molar-refractivity contribution in [2.24, 2.45) is 0 Å². The molecule has 2 saturated heterocycles. The largest absolute Gasteiger partial charge is 0.379 e. The van der Waals surface area contributed by atoms with Crippen LogP contribution in [-0.2, 0) is 20.7 Å². The van der Waals surface area contributed by atoms with Crippen LogP contribution in [0.15, 0.2) is 18.2 Å². The van der Waals surface area contributed by atoms with Crippen molar-refractivity contribution in [1.82, 2.24) is 15.5 Å². The second-order valence-corrected chi connectivity index (χ2v) is 6.89. The van der Waals surface area contributed by atoms with E-state index in [1.165, 1.54) is 6.07 Å². The molecule has 3 aliphatic rings. The minimum absolute atomic E-state index is 0.0640. The monoisotopic (exact) mass is 362 g/mol.